The number of thiophene rings is 1. The highest BCUT2D eigenvalue weighted by Gasteiger charge is 2.17. The third kappa shape index (κ3) is 1.71. The van der Waals surface area contributed by atoms with Crippen molar-refractivity contribution in [2.75, 3.05) is 0 Å². The van der Waals surface area contributed by atoms with Crippen LogP contribution in [-0.4, -0.2) is 4.98 Å². The lowest BCUT2D eigenvalue weighted by atomic mass is 9.96. The molecule has 2 aromatic heterocycles. The van der Waals surface area contributed by atoms with Gasteiger partial charge in [0.15, 0.2) is 0 Å². The smallest absolute Gasteiger partial charge is 0.0551 e. The van der Waals surface area contributed by atoms with E-state index < -0.39 is 0 Å². The van der Waals surface area contributed by atoms with Gasteiger partial charge in [-0.15, -0.1) is 11.3 Å². The molecule has 0 bridgehead atoms. The molecule has 0 atom stereocenters. The lowest BCUT2D eigenvalue weighted by Crippen LogP contribution is -1.80. The molecule has 0 spiro atoms. The van der Waals surface area contributed by atoms with Crippen molar-refractivity contribution in [2.45, 2.75) is 0 Å². The molecule has 7 aromatic rings. The van der Waals surface area contributed by atoms with Crippen LogP contribution in [-0.2, 0) is 0 Å². The standard InChI is InChI=1S/C26H15NS/c1-3-10-18-15(7-1)16-8-2-4-11-19(16)25-23(18)24-21(27-25)14-13-20-17-9-5-6-12-22(17)28-26(20)24/h1-14,27H. The van der Waals surface area contributed by atoms with E-state index in [1.165, 1.54) is 63.5 Å². The van der Waals surface area contributed by atoms with Gasteiger partial charge in [0.25, 0.3) is 0 Å². The highest BCUT2D eigenvalue weighted by Crippen LogP contribution is 2.45. The second-order valence-corrected chi connectivity index (χ2v) is 8.48. The number of aromatic nitrogens is 1. The van der Waals surface area contributed by atoms with Crippen molar-refractivity contribution >= 4 is 74.9 Å². The molecule has 1 nitrogen and oxygen atoms in total. The molecule has 130 valence electrons. The molecular weight excluding hydrogens is 358 g/mol. The maximum atomic E-state index is 3.76. The van der Waals surface area contributed by atoms with Crippen LogP contribution in [0.2, 0.25) is 0 Å². The molecule has 2 heterocycles. The summed E-state index contributed by atoms with van der Waals surface area (Å²) in [6.07, 6.45) is 0. The number of hydrogen-bond donors (Lipinski definition) is 1. The van der Waals surface area contributed by atoms with E-state index in [1.807, 2.05) is 11.3 Å². The fourth-order valence-electron chi connectivity index (χ4n) is 4.81. The summed E-state index contributed by atoms with van der Waals surface area (Å²) in [6, 6.07) is 30.8. The summed E-state index contributed by atoms with van der Waals surface area (Å²) in [5.74, 6) is 0. The fraction of sp³-hybridized carbons (Fsp3) is 0. The molecule has 0 amide bonds. The van der Waals surface area contributed by atoms with Crippen LogP contribution in [0, 0.1) is 0 Å². The van der Waals surface area contributed by atoms with Crippen molar-refractivity contribution in [3.05, 3.63) is 84.9 Å². The summed E-state index contributed by atoms with van der Waals surface area (Å²) in [6.45, 7) is 0. The Morgan fingerprint density at radius 3 is 1.96 bits per heavy atom. The lowest BCUT2D eigenvalue weighted by molar-refractivity contribution is 1.57. The van der Waals surface area contributed by atoms with E-state index in [0.29, 0.717) is 0 Å². The van der Waals surface area contributed by atoms with Crippen LogP contribution in [0.5, 0.6) is 0 Å². The van der Waals surface area contributed by atoms with Gasteiger partial charge >= 0.3 is 0 Å². The molecule has 0 saturated heterocycles. The molecule has 5 aromatic carbocycles. The minimum absolute atomic E-state index is 1.22. The van der Waals surface area contributed by atoms with Crippen molar-refractivity contribution in [1.82, 2.24) is 4.98 Å². The van der Waals surface area contributed by atoms with Crippen LogP contribution < -0.4 is 0 Å². The average Bonchev–Trinajstić information content (AvgIpc) is 3.32. The first-order valence-corrected chi connectivity index (χ1v) is 10.4. The number of H-pyrrole nitrogens is 1. The van der Waals surface area contributed by atoms with Crippen LogP contribution in [0.4, 0.5) is 0 Å². The number of fused-ring (bicyclic) bond motifs is 12. The average molecular weight is 373 g/mol. The van der Waals surface area contributed by atoms with Gasteiger partial charge in [0.1, 0.15) is 0 Å². The molecular formula is C26H15NS. The third-order valence-electron chi connectivity index (χ3n) is 5.99. The summed E-state index contributed by atoms with van der Waals surface area (Å²) in [7, 11) is 0. The van der Waals surface area contributed by atoms with Gasteiger partial charge in [-0.05, 0) is 28.3 Å². The van der Waals surface area contributed by atoms with Crippen molar-refractivity contribution in [3.63, 3.8) is 0 Å². The van der Waals surface area contributed by atoms with Gasteiger partial charge in [-0.3, -0.25) is 0 Å². The van der Waals surface area contributed by atoms with Gasteiger partial charge in [0.05, 0.1) is 5.52 Å². The van der Waals surface area contributed by atoms with Gasteiger partial charge in [-0.2, -0.15) is 0 Å². The Labute approximate surface area is 164 Å². The topological polar surface area (TPSA) is 15.8 Å². The first-order valence-electron chi connectivity index (χ1n) is 9.55. The monoisotopic (exact) mass is 373 g/mol. The zero-order valence-electron chi connectivity index (χ0n) is 15.0. The summed E-state index contributed by atoms with van der Waals surface area (Å²) >= 11 is 1.90. The van der Waals surface area contributed by atoms with E-state index >= 15 is 0 Å². The van der Waals surface area contributed by atoms with Gasteiger partial charge in [-0.25, -0.2) is 0 Å². The molecule has 0 saturated carbocycles. The summed E-state index contributed by atoms with van der Waals surface area (Å²) in [5, 5.41) is 10.7. The maximum absolute atomic E-state index is 3.76. The van der Waals surface area contributed by atoms with E-state index in [0.717, 1.165) is 0 Å². The van der Waals surface area contributed by atoms with Crippen molar-refractivity contribution in [3.8, 4) is 0 Å². The fourth-order valence-corrected chi connectivity index (χ4v) is 6.06. The summed E-state index contributed by atoms with van der Waals surface area (Å²) < 4.78 is 2.73. The Morgan fingerprint density at radius 2 is 1.14 bits per heavy atom. The highest BCUT2D eigenvalue weighted by molar-refractivity contribution is 7.26. The Morgan fingerprint density at radius 1 is 0.500 bits per heavy atom. The van der Waals surface area contributed by atoms with Crippen LogP contribution in [0.3, 0.4) is 0 Å². The molecule has 28 heavy (non-hydrogen) atoms. The van der Waals surface area contributed by atoms with Crippen molar-refractivity contribution in [1.29, 1.82) is 0 Å². The molecule has 0 radical (unpaired) electrons. The molecule has 0 fully saturated rings. The van der Waals surface area contributed by atoms with Crippen LogP contribution in [0.15, 0.2) is 84.9 Å². The number of rotatable bonds is 0. The molecule has 0 aliphatic rings. The lowest BCUT2D eigenvalue weighted by Gasteiger charge is -2.07. The van der Waals surface area contributed by atoms with Gasteiger partial charge in [0.2, 0.25) is 0 Å². The van der Waals surface area contributed by atoms with E-state index in [2.05, 4.69) is 89.9 Å². The minimum Gasteiger partial charge on any atom is -0.354 e. The Hall–Kier alpha value is -3.36. The van der Waals surface area contributed by atoms with Crippen molar-refractivity contribution in [2.24, 2.45) is 0 Å². The molecule has 0 unspecified atom stereocenters. The largest absolute Gasteiger partial charge is 0.354 e. The quantitative estimate of drug-likeness (QED) is 0.259. The number of benzene rings is 5. The first-order chi connectivity index (χ1) is 13.9. The predicted octanol–water partition coefficient (Wildman–Crippen LogP) is 8.00. The Kier molecular flexibility index (Phi) is 2.68. The number of nitrogens with one attached hydrogen (secondary N) is 1. The highest BCUT2D eigenvalue weighted by atomic mass is 32.1. The summed E-state index contributed by atoms with van der Waals surface area (Å²) in [4.78, 5) is 3.76. The minimum atomic E-state index is 1.22. The molecule has 2 heteroatoms. The van der Waals surface area contributed by atoms with E-state index in [1.54, 1.807) is 0 Å². The van der Waals surface area contributed by atoms with Crippen molar-refractivity contribution < 1.29 is 0 Å². The van der Waals surface area contributed by atoms with Gasteiger partial charge in [-0.1, -0.05) is 72.8 Å². The zero-order chi connectivity index (χ0) is 18.2. The molecule has 7 rings (SSSR count). The Balaban J connectivity index is 1.87. The van der Waals surface area contributed by atoms with Gasteiger partial charge < -0.3 is 4.98 Å². The van der Waals surface area contributed by atoms with E-state index in [-0.39, 0.29) is 0 Å². The van der Waals surface area contributed by atoms with E-state index in [4.69, 9.17) is 0 Å². The number of aromatic amines is 1. The van der Waals surface area contributed by atoms with Gasteiger partial charge in [0, 0.05) is 41.8 Å². The molecule has 1 N–H and O–H groups in total. The zero-order valence-corrected chi connectivity index (χ0v) is 15.8. The summed E-state index contributed by atoms with van der Waals surface area (Å²) in [5.41, 5.74) is 2.46. The SMILES string of the molecule is c1ccc2c(c1)sc1c2ccc2[nH]c3c4ccccc4c4ccccc4c3c21. The second kappa shape index (κ2) is 5.12. The van der Waals surface area contributed by atoms with Crippen LogP contribution in [0.25, 0.3) is 63.5 Å². The normalized spacial score (nSPS) is 12.3. The molecule has 0 aliphatic heterocycles. The Bertz CT molecular complexity index is 1720. The van der Waals surface area contributed by atoms with Crippen LogP contribution in [0.1, 0.15) is 0 Å². The maximum Gasteiger partial charge on any atom is 0.0551 e. The van der Waals surface area contributed by atoms with Crippen LogP contribution >= 0.6 is 11.3 Å². The number of hydrogen-bond acceptors (Lipinski definition) is 1. The molecule has 0 aliphatic carbocycles. The second-order valence-electron chi connectivity index (χ2n) is 7.43. The third-order valence-corrected chi connectivity index (χ3v) is 7.19. The first kappa shape index (κ1) is 14.7. The van der Waals surface area contributed by atoms with E-state index in [9.17, 15) is 0 Å². The predicted molar refractivity (Wildman–Crippen MR) is 124 cm³/mol.